The molecule has 1 unspecified atom stereocenters. The lowest BCUT2D eigenvalue weighted by atomic mass is 9.95. The van der Waals surface area contributed by atoms with Gasteiger partial charge in [-0.15, -0.1) is 0 Å². The minimum atomic E-state index is -4.50. The lowest BCUT2D eigenvalue weighted by Gasteiger charge is -2.15. The van der Waals surface area contributed by atoms with Gasteiger partial charge in [-0.05, 0) is 50.2 Å². The summed E-state index contributed by atoms with van der Waals surface area (Å²) < 4.78 is 38.4. The first-order valence-corrected chi connectivity index (χ1v) is 12.4. The molecule has 37 heavy (non-hydrogen) atoms. The van der Waals surface area contributed by atoms with Crippen LogP contribution in [0.15, 0.2) is 54.9 Å². The third kappa shape index (κ3) is 6.23. The predicted molar refractivity (Wildman–Crippen MR) is 138 cm³/mol. The molecule has 0 aliphatic carbocycles. The molecular formula is C26H26F3N5O2S. The molecule has 1 atom stereocenters. The van der Waals surface area contributed by atoms with Crippen molar-refractivity contribution in [3.05, 3.63) is 70.9 Å². The number of likely N-dealkylation sites (N-methyl/N-ethyl adjacent to an activating group) is 1. The summed E-state index contributed by atoms with van der Waals surface area (Å²) in [6.07, 6.45) is 1.98. The predicted octanol–water partition coefficient (Wildman–Crippen LogP) is 4.97. The smallest absolute Gasteiger partial charge is 0.306 e. The molecule has 3 aromatic rings. The topological polar surface area (TPSA) is 78.4 Å². The highest BCUT2D eigenvalue weighted by Crippen LogP contribution is 2.36. The summed E-state index contributed by atoms with van der Waals surface area (Å²) in [5, 5.41) is 2.37. The number of hydrogen-bond acceptors (Lipinski definition) is 6. The lowest BCUT2D eigenvalue weighted by molar-refractivity contribution is -0.134. The van der Waals surface area contributed by atoms with Crippen molar-refractivity contribution in [3.8, 4) is 11.1 Å². The van der Waals surface area contributed by atoms with E-state index in [2.05, 4.69) is 15.3 Å². The van der Waals surface area contributed by atoms with Gasteiger partial charge in [0.05, 0.1) is 12.1 Å². The van der Waals surface area contributed by atoms with E-state index in [-0.39, 0.29) is 11.0 Å². The molecule has 1 aliphatic heterocycles. The van der Waals surface area contributed by atoms with E-state index in [9.17, 15) is 22.8 Å². The van der Waals surface area contributed by atoms with Crippen molar-refractivity contribution in [2.24, 2.45) is 0 Å². The van der Waals surface area contributed by atoms with E-state index in [0.717, 1.165) is 16.7 Å². The highest BCUT2D eigenvalue weighted by atomic mass is 32.1. The summed E-state index contributed by atoms with van der Waals surface area (Å²) in [7, 11) is 3.86. The number of carbonyl (C=O) groups is 2. The number of rotatable bonds is 7. The van der Waals surface area contributed by atoms with Crippen LogP contribution in [-0.2, 0) is 22.2 Å². The third-order valence-corrected chi connectivity index (χ3v) is 6.89. The number of nitrogens with one attached hydrogen (secondary N) is 1. The minimum Gasteiger partial charge on any atom is -0.306 e. The summed E-state index contributed by atoms with van der Waals surface area (Å²) in [5.74, 6) is -0.537. The Morgan fingerprint density at radius 3 is 2.68 bits per heavy atom. The number of thiazole rings is 1. The Bertz CT molecular complexity index is 1340. The van der Waals surface area contributed by atoms with E-state index < -0.39 is 22.9 Å². The van der Waals surface area contributed by atoms with E-state index in [1.807, 2.05) is 49.3 Å². The maximum absolute atomic E-state index is 12.8. The molecule has 1 N–H and O–H groups in total. The highest BCUT2D eigenvalue weighted by molar-refractivity contribution is 7.15. The van der Waals surface area contributed by atoms with Gasteiger partial charge in [-0.2, -0.15) is 13.2 Å². The van der Waals surface area contributed by atoms with Crippen LogP contribution in [-0.4, -0.2) is 53.9 Å². The summed E-state index contributed by atoms with van der Waals surface area (Å²) in [4.78, 5) is 36.3. The van der Waals surface area contributed by atoms with Gasteiger partial charge >= 0.3 is 6.18 Å². The van der Waals surface area contributed by atoms with Crippen LogP contribution in [0.5, 0.6) is 0 Å². The van der Waals surface area contributed by atoms with Gasteiger partial charge in [-0.3, -0.25) is 14.5 Å². The fourth-order valence-corrected chi connectivity index (χ4v) is 4.60. The van der Waals surface area contributed by atoms with Crippen LogP contribution in [0.2, 0.25) is 0 Å². The second-order valence-corrected chi connectivity index (χ2v) is 10.0. The molecule has 3 heterocycles. The number of hydrogen-bond donors (Lipinski definition) is 1. The van der Waals surface area contributed by atoms with Crippen LogP contribution in [0.4, 0.5) is 24.1 Å². The van der Waals surface area contributed by atoms with Crippen LogP contribution < -0.4 is 10.2 Å². The van der Waals surface area contributed by atoms with Crippen LogP contribution in [0.25, 0.3) is 11.1 Å². The molecule has 0 radical (unpaired) electrons. The average Bonchev–Trinajstić information content (AvgIpc) is 3.50. The first-order chi connectivity index (χ1) is 17.5. The number of halogens is 3. The second-order valence-electron chi connectivity index (χ2n) is 8.98. The van der Waals surface area contributed by atoms with Crippen LogP contribution in [0, 0.1) is 0 Å². The van der Waals surface area contributed by atoms with Gasteiger partial charge in [0.15, 0.2) is 5.13 Å². The molecule has 0 bridgehead atoms. The minimum absolute atomic E-state index is 0.0983. The highest BCUT2D eigenvalue weighted by Gasteiger charge is 2.33. The number of aromatic nitrogens is 2. The number of alkyl halides is 3. The fourth-order valence-electron chi connectivity index (χ4n) is 3.91. The zero-order valence-electron chi connectivity index (χ0n) is 20.5. The van der Waals surface area contributed by atoms with Crippen molar-refractivity contribution < 1.29 is 22.8 Å². The third-order valence-electron chi connectivity index (χ3n) is 5.93. The van der Waals surface area contributed by atoms with Crippen molar-refractivity contribution in [1.82, 2.24) is 14.9 Å². The Morgan fingerprint density at radius 1 is 1.19 bits per heavy atom. The summed E-state index contributed by atoms with van der Waals surface area (Å²) in [5.41, 5.74) is 3.36. The normalized spacial score (nSPS) is 14.3. The van der Waals surface area contributed by atoms with Crippen molar-refractivity contribution >= 4 is 34.1 Å². The maximum atomic E-state index is 12.8. The van der Waals surface area contributed by atoms with Crippen molar-refractivity contribution in [1.29, 1.82) is 0 Å². The van der Waals surface area contributed by atoms with E-state index >= 15 is 0 Å². The van der Waals surface area contributed by atoms with Crippen LogP contribution >= 0.6 is 11.3 Å². The Morgan fingerprint density at radius 2 is 1.97 bits per heavy atom. The fraction of sp³-hybridized carbons (Fsp3) is 0.308. The Labute approximate surface area is 216 Å². The maximum Gasteiger partial charge on any atom is 0.427 e. The van der Waals surface area contributed by atoms with Gasteiger partial charge < -0.3 is 10.2 Å². The molecule has 0 fully saturated rings. The zero-order chi connectivity index (χ0) is 26.7. The standard InChI is InChI=1S/C26H26F3N5O2S/c1-16(24(36)32-25-31-15-21(37-25)26(27,28)29)17-6-4-7-18(12-17)20-13-19-9-11-34(23(19)30-14-20)22(35)8-5-10-33(2)3/h4-8,12-16H,9-11H2,1-3H3,(H,31,32,36). The molecule has 0 saturated heterocycles. The van der Waals surface area contributed by atoms with Crippen LogP contribution in [0.1, 0.15) is 28.8 Å². The lowest BCUT2D eigenvalue weighted by Crippen LogP contribution is -2.27. The van der Waals surface area contributed by atoms with Gasteiger partial charge in [-0.1, -0.05) is 41.7 Å². The van der Waals surface area contributed by atoms with Gasteiger partial charge in [0, 0.05) is 30.9 Å². The quantitative estimate of drug-likeness (QED) is 0.437. The number of fused-ring (bicyclic) bond motifs is 1. The zero-order valence-corrected chi connectivity index (χ0v) is 21.4. The number of carbonyl (C=O) groups excluding carboxylic acids is 2. The Balaban J connectivity index is 1.47. The number of pyridine rings is 1. The molecule has 1 aliphatic rings. The van der Waals surface area contributed by atoms with Crippen molar-refractivity contribution in [2.75, 3.05) is 37.4 Å². The summed E-state index contributed by atoms with van der Waals surface area (Å²) >= 11 is 0.389. The Hall–Kier alpha value is -3.57. The van der Waals surface area contributed by atoms with E-state index in [1.165, 1.54) is 0 Å². The molecular weight excluding hydrogens is 503 g/mol. The number of benzene rings is 1. The molecule has 2 amide bonds. The summed E-state index contributed by atoms with van der Waals surface area (Å²) in [6, 6.07) is 9.36. The first-order valence-electron chi connectivity index (χ1n) is 11.6. The average molecular weight is 530 g/mol. The molecule has 0 spiro atoms. The number of anilines is 2. The second kappa shape index (κ2) is 10.8. The van der Waals surface area contributed by atoms with Crippen LogP contribution in [0.3, 0.4) is 0 Å². The molecule has 4 rings (SSSR count). The SMILES string of the molecule is CC(C(=O)Nc1ncc(C(F)(F)F)s1)c1cccc(-c2cnc3c(c2)CCN3C(=O)C=CCN(C)C)c1. The molecule has 194 valence electrons. The van der Waals surface area contributed by atoms with E-state index in [1.54, 1.807) is 30.2 Å². The largest absolute Gasteiger partial charge is 0.427 e. The molecule has 7 nitrogen and oxygen atoms in total. The van der Waals surface area contributed by atoms with E-state index in [0.29, 0.717) is 48.4 Å². The molecule has 1 aromatic carbocycles. The molecule has 0 saturated carbocycles. The van der Waals surface area contributed by atoms with Gasteiger partial charge in [0.25, 0.3) is 5.91 Å². The van der Waals surface area contributed by atoms with Crippen molar-refractivity contribution in [3.63, 3.8) is 0 Å². The molecule has 11 heteroatoms. The van der Waals surface area contributed by atoms with Gasteiger partial charge in [0.1, 0.15) is 10.7 Å². The monoisotopic (exact) mass is 529 g/mol. The van der Waals surface area contributed by atoms with E-state index in [4.69, 9.17) is 0 Å². The van der Waals surface area contributed by atoms with Gasteiger partial charge in [0.2, 0.25) is 5.91 Å². The number of nitrogens with zero attached hydrogens (tertiary/aromatic N) is 4. The summed E-state index contributed by atoms with van der Waals surface area (Å²) in [6.45, 7) is 2.91. The van der Waals surface area contributed by atoms with Crippen molar-refractivity contribution in [2.45, 2.75) is 25.4 Å². The Kier molecular flexibility index (Phi) is 7.74. The molecule has 2 aromatic heterocycles. The first kappa shape index (κ1) is 26.5. The number of amides is 2. The van der Waals surface area contributed by atoms with Gasteiger partial charge in [-0.25, -0.2) is 9.97 Å².